The summed E-state index contributed by atoms with van der Waals surface area (Å²) in [6, 6.07) is 13.7. The molecule has 2 rings (SSSR count). The van der Waals surface area contributed by atoms with Crippen LogP contribution < -0.4 is 0 Å². The summed E-state index contributed by atoms with van der Waals surface area (Å²) in [5, 5.41) is 9.61. The Labute approximate surface area is 111 Å². The summed E-state index contributed by atoms with van der Waals surface area (Å²) in [6.45, 7) is 0. The molecule has 0 aromatic heterocycles. The lowest BCUT2D eigenvalue weighted by molar-refractivity contribution is 0.0600. The lowest BCUT2D eigenvalue weighted by atomic mass is 10.1. The molecule has 96 valence electrons. The molecule has 0 amide bonds. The molecule has 19 heavy (non-hydrogen) atoms. The van der Waals surface area contributed by atoms with Gasteiger partial charge >= 0.3 is 5.97 Å². The van der Waals surface area contributed by atoms with Crippen molar-refractivity contribution in [1.29, 1.82) is 0 Å². The third-order valence-corrected chi connectivity index (χ3v) is 2.59. The SMILES string of the molecule is COC(=O)c1ccccc1/C=N\c1ccccc1O. The van der Waals surface area contributed by atoms with Crippen LogP contribution in [-0.2, 0) is 4.74 Å². The van der Waals surface area contributed by atoms with E-state index in [1.54, 1.807) is 48.5 Å². The maximum atomic E-state index is 11.6. The predicted molar refractivity (Wildman–Crippen MR) is 73.1 cm³/mol. The van der Waals surface area contributed by atoms with E-state index < -0.39 is 5.97 Å². The lowest BCUT2D eigenvalue weighted by Gasteiger charge is -2.03. The molecule has 0 unspecified atom stereocenters. The second-order valence-corrected chi connectivity index (χ2v) is 3.83. The molecular weight excluding hydrogens is 242 g/mol. The molecule has 0 spiro atoms. The largest absolute Gasteiger partial charge is 0.506 e. The van der Waals surface area contributed by atoms with Crippen LogP contribution in [0, 0.1) is 0 Å². The number of para-hydroxylation sites is 2. The fourth-order valence-electron chi connectivity index (χ4n) is 1.62. The third kappa shape index (κ3) is 2.98. The Morgan fingerprint density at radius 3 is 2.58 bits per heavy atom. The van der Waals surface area contributed by atoms with Gasteiger partial charge in [-0.1, -0.05) is 30.3 Å². The minimum absolute atomic E-state index is 0.0919. The topological polar surface area (TPSA) is 58.9 Å². The molecular formula is C15H13NO3. The van der Waals surface area contributed by atoms with Crippen LogP contribution in [0.15, 0.2) is 53.5 Å². The number of benzene rings is 2. The van der Waals surface area contributed by atoms with Crippen LogP contribution in [0.2, 0.25) is 0 Å². The summed E-state index contributed by atoms with van der Waals surface area (Å²) in [5.41, 5.74) is 1.52. The van der Waals surface area contributed by atoms with Crippen molar-refractivity contribution in [3.8, 4) is 5.75 Å². The molecule has 0 fully saturated rings. The number of rotatable bonds is 3. The number of ether oxygens (including phenoxy) is 1. The van der Waals surface area contributed by atoms with Gasteiger partial charge in [0.1, 0.15) is 11.4 Å². The Kier molecular flexibility index (Phi) is 3.93. The smallest absolute Gasteiger partial charge is 0.338 e. The first-order valence-corrected chi connectivity index (χ1v) is 5.72. The van der Waals surface area contributed by atoms with Gasteiger partial charge in [0.25, 0.3) is 0 Å². The van der Waals surface area contributed by atoms with Gasteiger partial charge in [0.05, 0.1) is 12.7 Å². The minimum atomic E-state index is -0.417. The lowest BCUT2D eigenvalue weighted by Crippen LogP contribution is -2.04. The standard InChI is InChI=1S/C15H13NO3/c1-19-15(18)12-7-3-2-6-11(12)10-16-13-8-4-5-9-14(13)17/h2-10,17H,1H3/b16-10-. The van der Waals surface area contributed by atoms with E-state index in [0.717, 1.165) is 0 Å². The number of carbonyl (C=O) groups excluding carboxylic acids is 1. The summed E-state index contributed by atoms with van der Waals surface area (Å²) in [7, 11) is 1.33. The van der Waals surface area contributed by atoms with E-state index in [4.69, 9.17) is 4.74 Å². The summed E-state index contributed by atoms with van der Waals surface area (Å²) < 4.78 is 4.70. The fraction of sp³-hybridized carbons (Fsp3) is 0.0667. The highest BCUT2D eigenvalue weighted by molar-refractivity contribution is 5.99. The van der Waals surface area contributed by atoms with E-state index in [-0.39, 0.29) is 5.75 Å². The number of aromatic hydroxyl groups is 1. The van der Waals surface area contributed by atoms with Gasteiger partial charge in [-0.2, -0.15) is 0 Å². The Morgan fingerprint density at radius 2 is 1.84 bits per heavy atom. The number of carbonyl (C=O) groups is 1. The van der Waals surface area contributed by atoms with Gasteiger partial charge in [-0.05, 0) is 18.2 Å². The zero-order chi connectivity index (χ0) is 13.7. The van der Waals surface area contributed by atoms with E-state index >= 15 is 0 Å². The molecule has 0 bridgehead atoms. The predicted octanol–water partition coefficient (Wildman–Crippen LogP) is 2.93. The molecule has 0 aliphatic rings. The molecule has 0 aliphatic carbocycles. The van der Waals surface area contributed by atoms with Crippen LogP contribution >= 0.6 is 0 Å². The number of methoxy groups -OCH3 is 1. The second-order valence-electron chi connectivity index (χ2n) is 3.83. The first kappa shape index (κ1) is 12.8. The average Bonchev–Trinajstić information content (AvgIpc) is 2.46. The number of aliphatic imine (C=N–C) groups is 1. The Morgan fingerprint density at radius 1 is 1.16 bits per heavy atom. The molecule has 0 atom stereocenters. The van der Waals surface area contributed by atoms with Gasteiger partial charge in [-0.15, -0.1) is 0 Å². The van der Waals surface area contributed by atoms with E-state index in [2.05, 4.69) is 4.99 Å². The number of hydrogen-bond acceptors (Lipinski definition) is 4. The summed E-state index contributed by atoms with van der Waals surface area (Å²) in [4.78, 5) is 15.7. The maximum absolute atomic E-state index is 11.6. The molecule has 0 saturated heterocycles. The van der Waals surface area contributed by atoms with Crippen LogP contribution in [0.5, 0.6) is 5.75 Å². The first-order valence-electron chi connectivity index (χ1n) is 5.72. The van der Waals surface area contributed by atoms with Crippen LogP contribution in [0.3, 0.4) is 0 Å². The molecule has 4 nitrogen and oxygen atoms in total. The van der Waals surface area contributed by atoms with Crippen molar-refractivity contribution in [2.24, 2.45) is 4.99 Å². The molecule has 0 saturated carbocycles. The van der Waals surface area contributed by atoms with E-state index in [0.29, 0.717) is 16.8 Å². The molecule has 0 aliphatic heterocycles. The van der Waals surface area contributed by atoms with Gasteiger partial charge in [-0.3, -0.25) is 4.99 Å². The van der Waals surface area contributed by atoms with Crippen molar-refractivity contribution in [3.05, 3.63) is 59.7 Å². The number of phenolic OH excluding ortho intramolecular Hbond substituents is 1. The average molecular weight is 255 g/mol. The monoisotopic (exact) mass is 255 g/mol. The van der Waals surface area contributed by atoms with Crippen LogP contribution in [0.4, 0.5) is 5.69 Å². The van der Waals surface area contributed by atoms with Crippen LogP contribution in [-0.4, -0.2) is 24.4 Å². The van der Waals surface area contributed by atoms with E-state index in [1.165, 1.54) is 13.3 Å². The van der Waals surface area contributed by atoms with Crippen molar-refractivity contribution in [3.63, 3.8) is 0 Å². The summed E-state index contributed by atoms with van der Waals surface area (Å²) in [5.74, 6) is -0.325. The maximum Gasteiger partial charge on any atom is 0.338 e. The van der Waals surface area contributed by atoms with Crippen LogP contribution in [0.1, 0.15) is 15.9 Å². The highest BCUT2D eigenvalue weighted by Gasteiger charge is 2.09. The third-order valence-electron chi connectivity index (χ3n) is 2.59. The Bertz CT molecular complexity index is 620. The number of hydrogen-bond donors (Lipinski definition) is 1. The van der Waals surface area contributed by atoms with Crippen molar-refractivity contribution in [2.45, 2.75) is 0 Å². The summed E-state index contributed by atoms with van der Waals surface area (Å²) in [6.07, 6.45) is 1.53. The van der Waals surface area contributed by atoms with E-state index in [1.807, 2.05) is 0 Å². The Balaban J connectivity index is 2.34. The highest BCUT2D eigenvalue weighted by Crippen LogP contribution is 2.24. The molecule has 2 aromatic carbocycles. The number of esters is 1. The van der Waals surface area contributed by atoms with Crippen molar-refractivity contribution < 1.29 is 14.6 Å². The van der Waals surface area contributed by atoms with Crippen LogP contribution in [0.25, 0.3) is 0 Å². The first-order chi connectivity index (χ1) is 9.22. The number of phenols is 1. The minimum Gasteiger partial charge on any atom is -0.506 e. The molecule has 0 radical (unpaired) electrons. The van der Waals surface area contributed by atoms with Crippen molar-refractivity contribution in [2.75, 3.05) is 7.11 Å². The van der Waals surface area contributed by atoms with Gasteiger partial charge in [0.2, 0.25) is 0 Å². The molecule has 2 aromatic rings. The molecule has 1 N–H and O–H groups in total. The van der Waals surface area contributed by atoms with Gasteiger partial charge in [0.15, 0.2) is 0 Å². The zero-order valence-electron chi connectivity index (χ0n) is 10.4. The van der Waals surface area contributed by atoms with E-state index in [9.17, 15) is 9.90 Å². The number of nitrogens with zero attached hydrogens (tertiary/aromatic N) is 1. The molecule has 4 heteroatoms. The van der Waals surface area contributed by atoms with Crippen molar-refractivity contribution >= 4 is 17.9 Å². The normalized spacial score (nSPS) is 10.6. The fourth-order valence-corrected chi connectivity index (χ4v) is 1.62. The van der Waals surface area contributed by atoms with Gasteiger partial charge in [0, 0.05) is 11.8 Å². The van der Waals surface area contributed by atoms with Crippen molar-refractivity contribution in [1.82, 2.24) is 0 Å². The highest BCUT2D eigenvalue weighted by atomic mass is 16.5. The second kappa shape index (κ2) is 5.82. The van der Waals surface area contributed by atoms with Gasteiger partial charge in [-0.25, -0.2) is 4.79 Å². The molecule has 0 heterocycles. The summed E-state index contributed by atoms with van der Waals surface area (Å²) >= 11 is 0. The van der Waals surface area contributed by atoms with Gasteiger partial charge < -0.3 is 9.84 Å². The zero-order valence-corrected chi connectivity index (χ0v) is 10.4. The Hall–Kier alpha value is -2.62. The quantitative estimate of drug-likeness (QED) is 0.677.